The van der Waals surface area contributed by atoms with E-state index in [1.54, 1.807) is 0 Å². The molecule has 1 atom stereocenters. The molecule has 104 valence electrons. The van der Waals surface area contributed by atoms with Crippen LogP contribution < -0.4 is 10.1 Å². The van der Waals surface area contributed by atoms with E-state index in [9.17, 15) is 0 Å². The summed E-state index contributed by atoms with van der Waals surface area (Å²) in [6, 6.07) is 9.16. The van der Waals surface area contributed by atoms with Gasteiger partial charge in [-0.15, -0.1) is 0 Å². The number of nitrogens with one attached hydrogen (secondary N) is 1. The lowest BCUT2D eigenvalue weighted by Gasteiger charge is -2.21. The fourth-order valence-electron chi connectivity index (χ4n) is 3.18. The Morgan fingerprint density at radius 3 is 2.68 bits per heavy atom. The molecule has 3 rings (SSSR count). The SMILES string of the molecule is CNC(CC1CCCC1)c1cccc(OC2CC2)c1. The summed E-state index contributed by atoms with van der Waals surface area (Å²) in [5, 5.41) is 3.49. The lowest BCUT2D eigenvalue weighted by Crippen LogP contribution is -2.19. The van der Waals surface area contributed by atoms with E-state index in [2.05, 4.69) is 36.6 Å². The van der Waals surface area contributed by atoms with Gasteiger partial charge in [0.1, 0.15) is 5.75 Å². The highest BCUT2D eigenvalue weighted by Crippen LogP contribution is 2.34. The maximum Gasteiger partial charge on any atom is 0.120 e. The molecule has 1 N–H and O–H groups in total. The largest absolute Gasteiger partial charge is 0.490 e. The molecule has 0 heterocycles. The van der Waals surface area contributed by atoms with Crippen molar-refractivity contribution in [3.8, 4) is 5.75 Å². The van der Waals surface area contributed by atoms with Gasteiger partial charge in [-0.3, -0.25) is 0 Å². The number of ether oxygens (including phenoxy) is 1. The average molecular weight is 259 g/mol. The highest BCUT2D eigenvalue weighted by Gasteiger charge is 2.24. The zero-order chi connectivity index (χ0) is 13.1. The minimum absolute atomic E-state index is 0.478. The molecule has 0 saturated heterocycles. The summed E-state index contributed by atoms with van der Waals surface area (Å²) in [6.07, 6.45) is 9.87. The van der Waals surface area contributed by atoms with Crippen LogP contribution >= 0.6 is 0 Å². The van der Waals surface area contributed by atoms with Crippen LogP contribution in [-0.4, -0.2) is 13.2 Å². The molecule has 19 heavy (non-hydrogen) atoms. The minimum Gasteiger partial charge on any atom is -0.490 e. The quantitative estimate of drug-likeness (QED) is 0.831. The summed E-state index contributed by atoms with van der Waals surface area (Å²) in [5.74, 6) is 1.96. The van der Waals surface area contributed by atoms with Gasteiger partial charge in [-0.2, -0.15) is 0 Å². The Morgan fingerprint density at radius 2 is 2.00 bits per heavy atom. The first-order valence-corrected chi connectivity index (χ1v) is 7.79. The lowest BCUT2D eigenvalue weighted by atomic mass is 9.93. The zero-order valence-corrected chi connectivity index (χ0v) is 11.9. The van der Waals surface area contributed by atoms with Crippen LogP contribution in [0.1, 0.15) is 56.6 Å². The molecular formula is C17H25NO. The van der Waals surface area contributed by atoms with Crippen molar-refractivity contribution in [2.75, 3.05) is 7.05 Å². The third kappa shape index (κ3) is 3.50. The van der Waals surface area contributed by atoms with Crippen LogP contribution in [0.15, 0.2) is 24.3 Å². The number of hydrogen-bond acceptors (Lipinski definition) is 2. The first-order valence-electron chi connectivity index (χ1n) is 7.79. The molecule has 2 aliphatic rings. The van der Waals surface area contributed by atoms with E-state index in [0.29, 0.717) is 12.1 Å². The van der Waals surface area contributed by atoms with Gasteiger partial charge in [-0.25, -0.2) is 0 Å². The number of benzene rings is 1. The molecule has 2 aliphatic carbocycles. The molecule has 2 saturated carbocycles. The maximum absolute atomic E-state index is 5.90. The van der Waals surface area contributed by atoms with Crippen molar-refractivity contribution in [2.45, 2.75) is 57.1 Å². The Kier molecular flexibility index (Phi) is 4.07. The van der Waals surface area contributed by atoms with Gasteiger partial charge in [-0.1, -0.05) is 37.8 Å². The third-order valence-electron chi connectivity index (χ3n) is 4.48. The molecule has 0 radical (unpaired) electrons. The molecule has 0 amide bonds. The van der Waals surface area contributed by atoms with Gasteiger partial charge in [0.25, 0.3) is 0 Å². The standard InChI is InChI=1S/C17H25NO/c1-18-17(11-13-5-2-3-6-13)14-7-4-8-16(12-14)19-15-9-10-15/h4,7-8,12-13,15,17-18H,2-3,5-6,9-11H2,1H3. The van der Waals surface area contributed by atoms with E-state index in [1.807, 2.05) is 0 Å². The van der Waals surface area contributed by atoms with Gasteiger partial charge in [0.15, 0.2) is 0 Å². The smallest absolute Gasteiger partial charge is 0.120 e. The van der Waals surface area contributed by atoms with Gasteiger partial charge in [0.2, 0.25) is 0 Å². The van der Waals surface area contributed by atoms with E-state index in [1.165, 1.54) is 50.5 Å². The van der Waals surface area contributed by atoms with E-state index < -0.39 is 0 Å². The predicted molar refractivity (Wildman–Crippen MR) is 78.5 cm³/mol. The van der Waals surface area contributed by atoms with Crippen LogP contribution in [0.2, 0.25) is 0 Å². The monoisotopic (exact) mass is 259 g/mol. The fraction of sp³-hybridized carbons (Fsp3) is 0.647. The minimum atomic E-state index is 0.478. The Labute approximate surface area is 116 Å². The molecule has 2 nitrogen and oxygen atoms in total. The summed E-state index contributed by atoms with van der Waals surface area (Å²) in [6.45, 7) is 0. The van der Waals surface area contributed by atoms with E-state index in [0.717, 1.165) is 11.7 Å². The third-order valence-corrected chi connectivity index (χ3v) is 4.48. The first-order chi connectivity index (χ1) is 9.35. The van der Waals surface area contributed by atoms with E-state index in [4.69, 9.17) is 4.74 Å². The van der Waals surface area contributed by atoms with Crippen molar-refractivity contribution in [2.24, 2.45) is 5.92 Å². The summed E-state index contributed by atoms with van der Waals surface area (Å²) in [5.41, 5.74) is 1.38. The van der Waals surface area contributed by atoms with Crippen LogP contribution in [0, 0.1) is 5.92 Å². The molecule has 1 unspecified atom stereocenters. The van der Waals surface area contributed by atoms with Gasteiger partial charge in [0, 0.05) is 6.04 Å². The topological polar surface area (TPSA) is 21.3 Å². The number of hydrogen-bond donors (Lipinski definition) is 1. The molecule has 2 heteroatoms. The molecule has 1 aromatic carbocycles. The molecular weight excluding hydrogens is 234 g/mol. The van der Waals surface area contributed by atoms with Crippen molar-refractivity contribution in [1.29, 1.82) is 0 Å². The Bertz CT molecular complexity index is 407. The molecule has 0 bridgehead atoms. The van der Waals surface area contributed by atoms with Crippen molar-refractivity contribution < 1.29 is 4.74 Å². The fourth-order valence-corrected chi connectivity index (χ4v) is 3.18. The van der Waals surface area contributed by atoms with Gasteiger partial charge in [-0.05, 0) is 49.9 Å². The summed E-state index contributed by atoms with van der Waals surface area (Å²) in [4.78, 5) is 0. The van der Waals surface area contributed by atoms with Gasteiger partial charge >= 0.3 is 0 Å². The summed E-state index contributed by atoms with van der Waals surface area (Å²) >= 11 is 0. The molecule has 0 spiro atoms. The van der Waals surface area contributed by atoms with Crippen molar-refractivity contribution in [3.05, 3.63) is 29.8 Å². The Hall–Kier alpha value is -1.02. The highest BCUT2D eigenvalue weighted by atomic mass is 16.5. The van der Waals surface area contributed by atoms with Crippen LogP contribution in [0.4, 0.5) is 0 Å². The van der Waals surface area contributed by atoms with Crippen molar-refractivity contribution >= 4 is 0 Å². The Balaban J connectivity index is 1.66. The maximum atomic E-state index is 5.90. The zero-order valence-electron chi connectivity index (χ0n) is 11.9. The summed E-state index contributed by atoms with van der Waals surface area (Å²) < 4.78 is 5.90. The molecule has 0 aromatic heterocycles. The van der Waals surface area contributed by atoms with Gasteiger partial charge in [0.05, 0.1) is 6.10 Å². The lowest BCUT2D eigenvalue weighted by molar-refractivity contribution is 0.302. The van der Waals surface area contributed by atoms with Crippen molar-refractivity contribution in [1.82, 2.24) is 5.32 Å². The molecule has 2 fully saturated rings. The average Bonchev–Trinajstić information content (AvgIpc) is 3.09. The Morgan fingerprint density at radius 1 is 1.21 bits per heavy atom. The van der Waals surface area contributed by atoms with Crippen LogP contribution in [-0.2, 0) is 0 Å². The molecule has 0 aliphatic heterocycles. The highest BCUT2D eigenvalue weighted by molar-refractivity contribution is 5.31. The second-order valence-electron chi connectivity index (χ2n) is 6.12. The predicted octanol–water partition coefficient (Wildman–Crippen LogP) is 4.07. The second kappa shape index (κ2) is 5.96. The van der Waals surface area contributed by atoms with Crippen molar-refractivity contribution in [3.63, 3.8) is 0 Å². The normalized spacial score (nSPS) is 21.5. The molecule has 1 aromatic rings. The van der Waals surface area contributed by atoms with Crippen LogP contribution in [0.3, 0.4) is 0 Å². The summed E-state index contributed by atoms with van der Waals surface area (Å²) in [7, 11) is 2.08. The first kappa shape index (κ1) is 13.0. The van der Waals surface area contributed by atoms with Crippen LogP contribution in [0.25, 0.3) is 0 Å². The van der Waals surface area contributed by atoms with Crippen LogP contribution in [0.5, 0.6) is 5.75 Å². The van der Waals surface area contributed by atoms with Gasteiger partial charge < -0.3 is 10.1 Å². The number of rotatable bonds is 6. The van der Waals surface area contributed by atoms with E-state index >= 15 is 0 Å². The second-order valence-corrected chi connectivity index (χ2v) is 6.12. The van der Waals surface area contributed by atoms with E-state index in [-0.39, 0.29) is 0 Å².